The van der Waals surface area contributed by atoms with Crippen LogP contribution in [-0.2, 0) is 4.79 Å². The number of methoxy groups -OCH3 is 1. The molecule has 1 heterocycles. The highest BCUT2D eigenvalue weighted by Crippen LogP contribution is 2.37. The Balaban J connectivity index is 1.36. The summed E-state index contributed by atoms with van der Waals surface area (Å²) in [5, 5.41) is 0. The first-order valence-electron chi connectivity index (χ1n) is 10.8. The van der Waals surface area contributed by atoms with E-state index in [1.54, 1.807) is 12.0 Å². The summed E-state index contributed by atoms with van der Waals surface area (Å²) in [7, 11) is 1.61. The van der Waals surface area contributed by atoms with Crippen molar-refractivity contribution in [3.8, 4) is 17.2 Å². The van der Waals surface area contributed by atoms with E-state index >= 15 is 0 Å². The van der Waals surface area contributed by atoms with Crippen molar-refractivity contribution in [2.24, 2.45) is 0 Å². The molecule has 174 valence electrons. The first kappa shape index (κ1) is 23.9. The standard InChI is InChI=1S/C27H25NO4S2/c1-18-8-9-19(2)22(16-18)28-26(29)25(34-27(28)33)17-20-10-12-21(13-11-20)31-14-15-32-24-7-5-4-6-23(24)30-3/h4-13,16-17H,14-15H2,1-3H3/b25-17-. The van der Waals surface area contributed by atoms with Gasteiger partial charge in [-0.2, -0.15) is 0 Å². The van der Waals surface area contributed by atoms with Crippen LogP contribution in [0.5, 0.6) is 17.2 Å². The zero-order chi connectivity index (χ0) is 24.1. The van der Waals surface area contributed by atoms with Gasteiger partial charge in [-0.05, 0) is 66.9 Å². The third-order valence-corrected chi connectivity index (χ3v) is 6.56. The summed E-state index contributed by atoms with van der Waals surface area (Å²) in [4.78, 5) is 15.3. The molecular weight excluding hydrogens is 466 g/mol. The van der Waals surface area contributed by atoms with Crippen LogP contribution in [0, 0.1) is 13.8 Å². The van der Waals surface area contributed by atoms with Crippen LogP contribution >= 0.6 is 24.0 Å². The first-order valence-corrected chi connectivity index (χ1v) is 12.0. The summed E-state index contributed by atoms with van der Waals surface area (Å²) < 4.78 is 17.3. The predicted molar refractivity (Wildman–Crippen MR) is 142 cm³/mol. The lowest BCUT2D eigenvalue weighted by Crippen LogP contribution is -2.28. The third kappa shape index (κ3) is 5.43. The number of para-hydroxylation sites is 2. The number of hydrogen-bond donors (Lipinski definition) is 0. The highest BCUT2D eigenvalue weighted by molar-refractivity contribution is 8.27. The van der Waals surface area contributed by atoms with E-state index in [2.05, 4.69) is 0 Å². The van der Waals surface area contributed by atoms with Crippen LogP contribution in [0.15, 0.2) is 71.6 Å². The number of amides is 1. The minimum Gasteiger partial charge on any atom is -0.493 e. The van der Waals surface area contributed by atoms with Gasteiger partial charge in [0.25, 0.3) is 5.91 Å². The molecule has 0 aromatic heterocycles. The molecule has 3 aromatic carbocycles. The van der Waals surface area contributed by atoms with Crippen molar-refractivity contribution in [3.05, 3.63) is 88.3 Å². The fourth-order valence-corrected chi connectivity index (χ4v) is 4.78. The zero-order valence-electron chi connectivity index (χ0n) is 19.2. The second kappa shape index (κ2) is 10.8. The van der Waals surface area contributed by atoms with Gasteiger partial charge in [-0.25, -0.2) is 0 Å². The number of carbonyl (C=O) groups excluding carboxylic acids is 1. The van der Waals surface area contributed by atoms with Gasteiger partial charge in [-0.3, -0.25) is 9.69 Å². The second-order valence-corrected chi connectivity index (χ2v) is 9.40. The van der Waals surface area contributed by atoms with Gasteiger partial charge < -0.3 is 14.2 Å². The molecule has 34 heavy (non-hydrogen) atoms. The topological polar surface area (TPSA) is 48.0 Å². The maximum atomic E-state index is 13.1. The molecule has 0 unspecified atom stereocenters. The average Bonchev–Trinajstić information content (AvgIpc) is 3.12. The van der Waals surface area contributed by atoms with Crippen LogP contribution < -0.4 is 19.1 Å². The minimum atomic E-state index is -0.0995. The number of anilines is 1. The summed E-state index contributed by atoms with van der Waals surface area (Å²) in [5.74, 6) is 2.00. The number of nitrogens with zero attached hydrogens (tertiary/aromatic N) is 1. The van der Waals surface area contributed by atoms with Gasteiger partial charge in [0.1, 0.15) is 19.0 Å². The summed E-state index contributed by atoms with van der Waals surface area (Å²) in [6.45, 7) is 4.77. The van der Waals surface area contributed by atoms with Crippen molar-refractivity contribution in [2.45, 2.75) is 13.8 Å². The number of carbonyl (C=O) groups is 1. The molecule has 1 amide bonds. The number of thioether (sulfide) groups is 1. The Morgan fingerprint density at radius 1 is 0.941 bits per heavy atom. The Morgan fingerprint density at radius 2 is 1.65 bits per heavy atom. The molecule has 1 aliphatic heterocycles. The SMILES string of the molecule is COc1ccccc1OCCOc1ccc(/C=C2\SC(=S)N(c3cc(C)ccc3C)C2=O)cc1. The third-order valence-electron chi connectivity index (χ3n) is 5.26. The van der Waals surface area contributed by atoms with E-state index in [1.165, 1.54) is 11.8 Å². The molecule has 1 saturated heterocycles. The lowest BCUT2D eigenvalue weighted by molar-refractivity contribution is -0.113. The molecule has 0 radical (unpaired) electrons. The molecule has 0 aliphatic carbocycles. The van der Waals surface area contributed by atoms with Gasteiger partial charge in [-0.15, -0.1) is 0 Å². The fraction of sp³-hybridized carbons (Fsp3) is 0.185. The number of ether oxygens (including phenoxy) is 3. The summed E-state index contributed by atoms with van der Waals surface area (Å²) in [5.41, 5.74) is 3.84. The van der Waals surface area contributed by atoms with Gasteiger partial charge in [0, 0.05) is 0 Å². The van der Waals surface area contributed by atoms with Crippen LogP contribution in [0.3, 0.4) is 0 Å². The van der Waals surface area contributed by atoms with E-state index in [9.17, 15) is 4.79 Å². The predicted octanol–water partition coefficient (Wildman–Crippen LogP) is 6.18. The number of thiocarbonyl (C=S) groups is 1. The second-order valence-electron chi connectivity index (χ2n) is 7.72. The minimum absolute atomic E-state index is 0.0995. The Labute approximate surface area is 209 Å². The average molecular weight is 492 g/mol. The lowest BCUT2D eigenvalue weighted by atomic mass is 10.1. The fourth-order valence-electron chi connectivity index (χ4n) is 3.50. The Kier molecular flexibility index (Phi) is 7.55. The van der Waals surface area contributed by atoms with E-state index in [0.717, 1.165) is 28.1 Å². The molecule has 0 saturated carbocycles. The maximum Gasteiger partial charge on any atom is 0.270 e. The smallest absolute Gasteiger partial charge is 0.270 e. The monoisotopic (exact) mass is 491 g/mol. The van der Waals surface area contributed by atoms with Crippen LogP contribution in [0.25, 0.3) is 6.08 Å². The number of benzene rings is 3. The molecule has 0 N–H and O–H groups in total. The molecule has 7 heteroatoms. The normalized spacial score (nSPS) is 14.6. The Morgan fingerprint density at radius 3 is 2.38 bits per heavy atom. The molecule has 5 nitrogen and oxygen atoms in total. The van der Waals surface area contributed by atoms with Crippen LogP contribution in [-0.4, -0.2) is 30.6 Å². The molecule has 1 aliphatic rings. The molecule has 0 atom stereocenters. The van der Waals surface area contributed by atoms with Gasteiger partial charge in [-0.1, -0.05) is 60.4 Å². The maximum absolute atomic E-state index is 13.1. The number of aryl methyl sites for hydroxylation is 2. The van der Waals surface area contributed by atoms with Crippen molar-refractivity contribution < 1.29 is 19.0 Å². The highest BCUT2D eigenvalue weighted by atomic mass is 32.2. The van der Waals surface area contributed by atoms with Crippen LogP contribution in [0.1, 0.15) is 16.7 Å². The Hall–Kier alpha value is -3.29. The van der Waals surface area contributed by atoms with Gasteiger partial charge >= 0.3 is 0 Å². The van der Waals surface area contributed by atoms with Gasteiger partial charge in [0.2, 0.25) is 0 Å². The van der Waals surface area contributed by atoms with Crippen molar-refractivity contribution in [3.63, 3.8) is 0 Å². The van der Waals surface area contributed by atoms with E-state index in [0.29, 0.717) is 33.9 Å². The summed E-state index contributed by atoms with van der Waals surface area (Å²) >= 11 is 6.83. The van der Waals surface area contributed by atoms with Crippen molar-refractivity contribution in [2.75, 3.05) is 25.2 Å². The molecule has 4 rings (SSSR count). The van der Waals surface area contributed by atoms with Crippen LogP contribution in [0.2, 0.25) is 0 Å². The van der Waals surface area contributed by atoms with Crippen LogP contribution in [0.4, 0.5) is 5.69 Å². The van der Waals surface area contributed by atoms with Crippen molar-refractivity contribution in [1.82, 2.24) is 0 Å². The largest absolute Gasteiger partial charge is 0.493 e. The quantitative estimate of drug-likeness (QED) is 0.213. The number of hydrogen-bond acceptors (Lipinski definition) is 6. The number of rotatable bonds is 8. The van der Waals surface area contributed by atoms with E-state index in [1.807, 2.05) is 86.7 Å². The van der Waals surface area contributed by atoms with Gasteiger partial charge in [0.15, 0.2) is 15.8 Å². The molecule has 3 aromatic rings. The first-order chi connectivity index (χ1) is 16.5. The van der Waals surface area contributed by atoms with E-state index in [-0.39, 0.29) is 5.91 Å². The molecular formula is C27H25NO4S2. The molecule has 0 spiro atoms. The molecule has 1 fully saturated rings. The summed E-state index contributed by atoms with van der Waals surface area (Å²) in [6, 6.07) is 21.1. The van der Waals surface area contributed by atoms with Crippen molar-refractivity contribution >= 4 is 46.0 Å². The van der Waals surface area contributed by atoms with Crippen molar-refractivity contribution in [1.29, 1.82) is 0 Å². The van der Waals surface area contributed by atoms with E-state index < -0.39 is 0 Å². The Bertz CT molecular complexity index is 1240. The summed E-state index contributed by atoms with van der Waals surface area (Å²) in [6.07, 6.45) is 1.86. The lowest BCUT2D eigenvalue weighted by Gasteiger charge is -2.17. The highest BCUT2D eigenvalue weighted by Gasteiger charge is 2.34. The van der Waals surface area contributed by atoms with Gasteiger partial charge in [0.05, 0.1) is 17.7 Å². The van der Waals surface area contributed by atoms with E-state index in [4.69, 9.17) is 26.4 Å². The zero-order valence-corrected chi connectivity index (χ0v) is 20.9. The molecule has 0 bridgehead atoms.